The zero-order valence-electron chi connectivity index (χ0n) is 18.0. The molecule has 1 aliphatic rings. The smallest absolute Gasteiger partial charge is 0.257 e. The maximum atomic E-state index is 13.6. The van der Waals surface area contributed by atoms with Gasteiger partial charge in [0.05, 0.1) is 11.3 Å². The van der Waals surface area contributed by atoms with E-state index in [1.54, 1.807) is 4.68 Å². The molecular weight excluding hydrogens is 500 g/mol. The number of nitrogens with zero attached hydrogens (tertiary/aromatic N) is 4. The molecule has 0 atom stereocenters. The van der Waals surface area contributed by atoms with Crippen molar-refractivity contribution in [2.45, 2.75) is 0 Å². The summed E-state index contributed by atoms with van der Waals surface area (Å²) in [5.74, 6) is 0.0258. The molecule has 168 valence electrons. The fourth-order valence-electron chi connectivity index (χ4n) is 4.04. The van der Waals surface area contributed by atoms with Gasteiger partial charge in [0.25, 0.3) is 5.91 Å². The SMILES string of the molecule is Cl.O=C(c1cn(-c2ccccc2)nc1-c1ccc(Br)cc1)N1CCN(c2ccccc2)CC1. The highest BCUT2D eigenvalue weighted by Crippen LogP contribution is 2.27. The van der Waals surface area contributed by atoms with Crippen molar-refractivity contribution in [2.24, 2.45) is 0 Å². The molecule has 5 rings (SSSR count). The Morgan fingerprint density at radius 1 is 0.758 bits per heavy atom. The number of benzene rings is 3. The summed E-state index contributed by atoms with van der Waals surface area (Å²) in [5.41, 5.74) is 4.39. The molecule has 33 heavy (non-hydrogen) atoms. The highest BCUT2D eigenvalue weighted by Gasteiger charge is 2.26. The van der Waals surface area contributed by atoms with E-state index < -0.39 is 0 Å². The van der Waals surface area contributed by atoms with Gasteiger partial charge in [0.15, 0.2) is 0 Å². The van der Waals surface area contributed by atoms with E-state index in [1.165, 1.54) is 5.69 Å². The second-order valence-corrected chi connectivity index (χ2v) is 8.71. The Morgan fingerprint density at radius 3 is 1.94 bits per heavy atom. The molecule has 4 aromatic rings. The van der Waals surface area contributed by atoms with Gasteiger partial charge in [-0.1, -0.05) is 64.5 Å². The number of para-hydroxylation sites is 2. The van der Waals surface area contributed by atoms with Crippen molar-refractivity contribution in [1.29, 1.82) is 0 Å². The summed E-state index contributed by atoms with van der Waals surface area (Å²) in [4.78, 5) is 17.9. The molecule has 1 saturated heterocycles. The fourth-order valence-corrected chi connectivity index (χ4v) is 4.31. The second-order valence-electron chi connectivity index (χ2n) is 7.79. The predicted octanol–water partition coefficient (Wildman–Crippen LogP) is 5.69. The average molecular weight is 524 g/mol. The summed E-state index contributed by atoms with van der Waals surface area (Å²) in [7, 11) is 0. The minimum absolute atomic E-state index is 0. The van der Waals surface area contributed by atoms with Gasteiger partial charge in [0.1, 0.15) is 5.69 Å². The first-order valence-electron chi connectivity index (χ1n) is 10.7. The van der Waals surface area contributed by atoms with Gasteiger partial charge in [-0.25, -0.2) is 4.68 Å². The number of rotatable bonds is 4. The van der Waals surface area contributed by atoms with E-state index in [4.69, 9.17) is 5.10 Å². The van der Waals surface area contributed by atoms with Crippen LogP contribution >= 0.6 is 28.3 Å². The van der Waals surface area contributed by atoms with Gasteiger partial charge in [-0.15, -0.1) is 12.4 Å². The third kappa shape index (κ3) is 4.97. The summed E-state index contributed by atoms with van der Waals surface area (Å²) in [6.07, 6.45) is 1.86. The van der Waals surface area contributed by atoms with Crippen LogP contribution < -0.4 is 4.90 Å². The fraction of sp³-hybridized carbons (Fsp3) is 0.154. The van der Waals surface area contributed by atoms with Gasteiger partial charge >= 0.3 is 0 Å². The standard InChI is InChI=1S/C26H23BrN4O.ClH/c27-21-13-11-20(12-14-21)25-24(19-31(28-25)23-9-5-2-6-10-23)26(32)30-17-15-29(16-18-30)22-7-3-1-4-8-22;/h1-14,19H,15-18H2;1H. The van der Waals surface area contributed by atoms with E-state index >= 15 is 0 Å². The van der Waals surface area contributed by atoms with E-state index in [9.17, 15) is 4.79 Å². The Hall–Kier alpha value is -3.09. The van der Waals surface area contributed by atoms with Crippen LogP contribution in [0.25, 0.3) is 16.9 Å². The van der Waals surface area contributed by atoms with Crippen molar-refractivity contribution in [1.82, 2.24) is 14.7 Å². The zero-order valence-corrected chi connectivity index (χ0v) is 20.4. The number of amides is 1. The quantitative estimate of drug-likeness (QED) is 0.345. The molecule has 0 aliphatic carbocycles. The van der Waals surface area contributed by atoms with Crippen LogP contribution in [0.3, 0.4) is 0 Å². The first kappa shape index (κ1) is 23.1. The molecule has 0 bridgehead atoms. The maximum Gasteiger partial charge on any atom is 0.257 e. The molecular formula is C26H24BrClN4O. The average Bonchev–Trinajstić information content (AvgIpc) is 3.31. The van der Waals surface area contributed by atoms with Crippen molar-refractivity contribution in [3.8, 4) is 16.9 Å². The minimum atomic E-state index is 0. The van der Waals surface area contributed by atoms with E-state index in [0.29, 0.717) is 24.3 Å². The van der Waals surface area contributed by atoms with E-state index in [1.807, 2.05) is 71.8 Å². The molecule has 0 unspecified atom stereocenters. The molecule has 1 aliphatic heterocycles. The Morgan fingerprint density at radius 2 is 1.33 bits per heavy atom. The number of hydrogen-bond donors (Lipinski definition) is 0. The van der Waals surface area contributed by atoms with Crippen molar-refractivity contribution < 1.29 is 4.79 Å². The highest BCUT2D eigenvalue weighted by atomic mass is 79.9. The number of anilines is 1. The second kappa shape index (κ2) is 10.2. The van der Waals surface area contributed by atoms with Crippen LogP contribution in [-0.2, 0) is 0 Å². The molecule has 0 radical (unpaired) electrons. The van der Waals surface area contributed by atoms with Crippen molar-refractivity contribution in [3.63, 3.8) is 0 Å². The summed E-state index contributed by atoms with van der Waals surface area (Å²) in [5, 5.41) is 4.80. The molecule has 0 N–H and O–H groups in total. The monoisotopic (exact) mass is 522 g/mol. The Kier molecular flexibility index (Phi) is 7.16. The van der Waals surface area contributed by atoms with Crippen LogP contribution in [0.5, 0.6) is 0 Å². The molecule has 1 amide bonds. The van der Waals surface area contributed by atoms with Gasteiger partial charge in [0.2, 0.25) is 0 Å². The summed E-state index contributed by atoms with van der Waals surface area (Å²) < 4.78 is 2.79. The summed E-state index contributed by atoms with van der Waals surface area (Å²) in [6.45, 7) is 3.00. The van der Waals surface area contributed by atoms with Gasteiger partial charge < -0.3 is 9.80 Å². The van der Waals surface area contributed by atoms with Crippen molar-refractivity contribution >= 4 is 39.9 Å². The molecule has 1 fully saturated rings. The lowest BCUT2D eigenvalue weighted by atomic mass is 10.1. The molecule has 0 spiro atoms. The zero-order chi connectivity index (χ0) is 21.9. The van der Waals surface area contributed by atoms with Crippen LogP contribution in [-0.4, -0.2) is 46.8 Å². The summed E-state index contributed by atoms with van der Waals surface area (Å²) in [6, 6.07) is 28.2. The lowest BCUT2D eigenvalue weighted by molar-refractivity contribution is 0.0747. The van der Waals surface area contributed by atoms with Crippen LogP contribution in [0.2, 0.25) is 0 Å². The van der Waals surface area contributed by atoms with Crippen LogP contribution in [0, 0.1) is 0 Å². The number of aromatic nitrogens is 2. The molecule has 1 aromatic heterocycles. The topological polar surface area (TPSA) is 41.4 Å². The lowest BCUT2D eigenvalue weighted by Gasteiger charge is -2.36. The predicted molar refractivity (Wildman–Crippen MR) is 139 cm³/mol. The number of halogens is 2. The molecule has 2 heterocycles. The van der Waals surface area contributed by atoms with Gasteiger partial charge in [0, 0.05) is 48.1 Å². The van der Waals surface area contributed by atoms with Crippen LogP contribution in [0.4, 0.5) is 5.69 Å². The number of piperazine rings is 1. The maximum absolute atomic E-state index is 13.6. The van der Waals surface area contributed by atoms with Gasteiger partial charge in [-0.05, 0) is 36.4 Å². The van der Waals surface area contributed by atoms with E-state index in [-0.39, 0.29) is 18.3 Å². The third-order valence-corrected chi connectivity index (χ3v) is 6.30. The first-order chi connectivity index (χ1) is 15.7. The molecule has 0 saturated carbocycles. The van der Waals surface area contributed by atoms with Crippen molar-refractivity contribution in [3.05, 3.63) is 101 Å². The number of hydrogen-bond acceptors (Lipinski definition) is 3. The van der Waals surface area contributed by atoms with Gasteiger partial charge in [-0.3, -0.25) is 4.79 Å². The van der Waals surface area contributed by atoms with Gasteiger partial charge in [-0.2, -0.15) is 5.10 Å². The van der Waals surface area contributed by atoms with E-state index in [0.717, 1.165) is 28.8 Å². The number of carbonyl (C=O) groups excluding carboxylic acids is 1. The third-order valence-electron chi connectivity index (χ3n) is 5.77. The van der Waals surface area contributed by atoms with E-state index in [2.05, 4.69) is 45.1 Å². The van der Waals surface area contributed by atoms with Crippen molar-refractivity contribution in [2.75, 3.05) is 31.1 Å². The Balaban J connectivity index is 0.00000259. The Labute approximate surface area is 208 Å². The molecule has 5 nitrogen and oxygen atoms in total. The number of carbonyl (C=O) groups is 1. The largest absolute Gasteiger partial charge is 0.368 e. The van der Waals surface area contributed by atoms with Crippen LogP contribution in [0.1, 0.15) is 10.4 Å². The normalized spacial score (nSPS) is 13.5. The lowest BCUT2D eigenvalue weighted by Crippen LogP contribution is -2.48. The molecule has 3 aromatic carbocycles. The minimum Gasteiger partial charge on any atom is -0.368 e. The molecule has 7 heteroatoms. The Bertz CT molecular complexity index is 1200. The van der Waals surface area contributed by atoms with Crippen LogP contribution in [0.15, 0.2) is 95.6 Å². The highest BCUT2D eigenvalue weighted by molar-refractivity contribution is 9.10. The summed E-state index contributed by atoms with van der Waals surface area (Å²) >= 11 is 3.49. The first-order valence-corrected chi connectivity index (χ1v) is 11.5.